The third-order valence-corrected chi connectivity index (χ3v) is 4.81. The summed E-state index contributed by atoms with van der Waals surface area (Å²) in [6, 6.07) is 5.74. The molecule has 3 rings (SSSR count). The first-order valence-corrected chi connectivity index (χ1v) is 7.00. The van der Waals surface area contributed by atoms with Gasteiger partial charge in [0.1, 0.15) is 0 Å². The molecule has 18 heavy (non-hydrogen) atoms. The van der Waals surface area contributed by atoms with Gasteiger partial charge in [0.25, 0.3) is 5.91 Å². The van der Waals surface area contributed by atoms with Crippen molar-refractivity contribution >= 4 is 39.3 Å². The molecule has 0 saturated heterocycles. The number of amides is 1. The fourth-order valence-electron chi connectivity index (χ4n) is 1.85. The third-order valence-electron chi connectivity index (χ3n) is 2.85. The lowest BCUT2D eigenvalue weighted by Gasteiger charge is -2.10. The summed E-state index contributed by atoms with van der Waals surface area (Å²) in [7, 11) is 0. The molecule has 0 atom stereocenters. The Morgan fingerprint density at radius 1 is 1.28 bits per heavy atom. The highest BCUT2D eigenvalue weighted by Gasteiger charge is 2.21. The van der Waals surface area contributed by atoms with E-state index in [0.29, 0.717) is 5.56 Å². The van der Waals surface area contributed by atoms with Gasteiger partial charge in [0.05, 0.1) is 11.3 Å². The first-order chi connectivity index (χ1) is 8.66. The highest BCUT2D eigenvalue weighted by molar-refractivity contribution is 9.10. The molecule has 1 aromatic carbocycles. The van der Waals surface area contributed by atoms with Crippen LogP contribution in [0.1, 0.15) is 15.9 Å². The van der Waals surface area contributed by atoms with E-state index in [0.717, 1.165) is 25.5 Å². The lowest BCUT2D eigenvalue weighted by Crippen LogP contribution is -2.12. The zero-order chi connectivity index (χ0) is 12.7. The maximum Gasteiger partial charge on any atom is 0.256 e. The van der Waals surface area contributed by atoms with Crippen LogP contribution in [0.25, 0.3) is 0 Å². The number of nitrogens with one attached hydrogen (secondary N) is 1. The second-order valence-corrected chi connectivity index (χ2v) is 5.91. The van der Waals surface area contributed by atoms with Crippen LogP contribution in [-0.2, 0) is 0 Å². The summed E-state index contributed by atoms with van der Waals surface area (Å²) < 4.78 is 0.992. The lowest BCUT2D eigenvalue weighted by atomic mass is 10.2. The van der Waals surface area contributed by atoms with Crippen molar-refractivity contribution in [1.82, 2.24) is 4.98 Å². The molecule has 1 aromatic heterocycles. The number of halogens is 1. The Kier molecular flexibility index (Phi) is 2.87. The van der Waals surface area contributed by atoms with Crippen molar-refractivity contribution in [2.45, 2.75) is 16.7 Å². The van der Waals surface area contributed by atoms with Gasteiger partial charge in [-0.3, -0.25) is 9.78 Å². The van der Waals surface area contributed by atoms with Crippen molar-refractivity contribution in [3.63, 3.8) is 0 Å². The van der Waals surface area contributed by atoms with Crippen molar-refractivity contribution in [3.8, 4) is 0 Å². The van der Waals surface area contributed by atoms with Gasteiger partial charge < -0.3 is 5.32 Å². The molecule has 1 N–H and O–H groups in total. The number of carbonyl (C=O) groups is 1. The molecule has 0 radical (unpaired) electrons. The van der Waals surface area contributed by atoms with Gasteiger partial charge in [-0.25, -0.2) is 0 Å². The van der Waals surface area contributed by atoms with E-state index in [2.05, 4.69) is 26.2 Å². The number of carbonyl (C=O) groups excluding carboxylic acids is 1. The van der Waals surface area contributed by atoms with E-state index in [-0.39, 0.29) is 5.91 Å². The molecule has 0 unspecified atom stereocenters. The summed E-state index contributed by atoms with van der Waals surface area (Å²) in [5.74, 6) is -0.0835. The van der Waals surface area contributed by atoms with Gasteiger partial charge in [-0.2, -0.15) is 0 Å². The van der Waals surface area contributed by atoms with Crippen LogP contribution in [0.3, 0.4) is 0 Å². The van der Waals surface area contributed by atoms with E-state index in [4.69, 9.17) is 0 Å². The molecule has 2 heterocycles. The summed E-state index contributed by atoms with van der Waals surface area (Å²) in [6.07, 6.45) is 3.36. The van der Waals surface area contributed by atoms with Crippen molar-refractivity contribution in [3.05, 3.63) is 46.2 Å². The lowest BCUT2D eigenvalue weighted by molar-refractivity contribution is 0.102. The Labute approximate surface area is 117 Å². The van der Waals surface area contributed by atoms with Gasteiger partial charge >= 0.3 is 0 Å². The van der Waals surface area contributed by atoms with E-state index >= 15 is 0 Å². The number of hydrogen-bond donors (Lipinski definition) is 1. The van der Waals surface area contributed by atoms with Crippen LogP contribution in [0.2, 0.25) is 0 Å². The predicted octanol–water partition coefficient (Wildman–Crippen LogP) is 3.87. The molecule has 0 fully saturated rings. The van der Waals surface area contributed by atoms with Crippen molar-refractivity contribution in [2.24, 2.45) is 0 Å². The SMILES string of the molecule is Cc1c(Br)ccc2c1NC(=O)c1ccncc1S2. The van der Waals surface area contributed by atoms with Crippen molar-refractivity contribution < 1.29 is 4.79 Å². The highest BCUT2D eigenvalue weighted by atomic mass is 79.9. The normalized spacial score (nSPS) is 13.3. The topological polar surface area (TPSA) is 42.0 Å². The Morgan fingerprint density at radius 3 is 2.94 bits per heavy atom. The van der Waals surface area contributed by atoms with Gasteiger partial charge in [-0.15, -0.1) is 0 Å². The number of hydrogen-bond acceptors (Lipinski definition) is 3. The molecule has 2 aromatic rings. The second-order valence-electron chi connectivity index (χ2n) is 3.97. The molecule has 90 valence electrons. The molecule has 0 bridgehead atoms. The van der Waals surface area contributed by atoms with Gasteiger partial charge in [0, 0.05) is 26.7 Å². The Morgan fingerprint density at radius 2 is 2.11 bits per heavy atom. The number of rotatable bonds is 0. The number of nitrogens with zero attached hydrogens (tertiary/aromatic N) is 1. The Bertz CT molecular complexity index is 657. The maximum atomic E-state index is 12.2. The fourth-order valence-corrected chi connectivity index (χ4v) is 3.24. The Hall–Kier alpha value is -1.33. The predicted molar refractivity (Wildman–Crippen MR) is 75.2 cm³/mol. The van der Waals surface area contributed by atoms with Crippen LogP contribution in [0.5, 0.6) is 0 Å². The molecule has 1 aliphatic rings. The zero-order valence-corrected chi connectivity index (χ0v) is 11.9. The largest absolute Gasteiger partial charge is 0.321 e. The van der Waals surface area contributed by atoms with Gasteiger partial charge in [0.15, 0.2) is 0 Å². The molecule has 1 aliphatic heterocycles. The van der Waals surface area contributed by atoms with Crippen LogP contribution in [-0.4, -0.2) is 10.9 Å². The molecular weight excluding hydrogens is 312 g/mol. The number of fused-ring (bicyclic) bond motifs is 2. The molecular formula is C13H9BrN2OS. The summed E-state index contributed by atoms with van der Waals surface area (Å²) in [5.41, 5.74) is 2.58. The molecule has 0 saturated carbocycles. The fraction of sp³-hybridized carbons (Fsp3) is 0.0769. The van der Waals surface area contributed by atoms with Crippen LogP contribution < -0.4 is 5.32 Å². The summed E-state index contributed by atoms with van der Waals surface area (Å²) >= 11 is 5.05. The van der Waals surface area contributed by atoms with E-state index in [1.165, 1.54) is 0 Å². The first-order valence-electron chi connectivity index (χ1n) is 5.39. The molecule has 0 spiro atoms. The Balaban J connectivity index is 2.21. The summed E-state index contributed by atoms with van der Waals surface area (Å²) in [5, 5.41) is 2.97. The quantitative estimate of drug-likeness (QED) is 0.801. The number of benzene rings is 1. The number of aromatic nitrogens is 1. The van der Waals surface area contributed by atoms with Gasteiger partial charge in [0.2, 0.25) is 0 Å². The summed E-state index contributed by atoms with van der Waals surface area (Å²) in [6.45, 7) is 1.98. The second kappa shape index (κ2) is 4.40. The maximum absolute atomic E-state index is 12.2. The van der Waals surface area contributed by atoms with E-state index in [1.807, 2.05) is 19.1 Å². The van der Waals surface area contributed by atoms with Gasteiger partial charge in [-0.05, 0) is 30.7 Å². The van der Waals surface area contributed by atoms with Crippen LogP contribution in [0, 0.1) is 6.92 Å². The van der Waals surface area contributed by atoms with Gasteiger partial charge in [-0.1, -0.05) is 27.7 Å². The number of pyridine rings is 1. The molecule has 0 aliphatic carbocycles. The molecule has 5 heteroatoms. The smallest absolute Gasteiger partial charge is 0.256 e. The average molecular weight is 321 g/mol. The first kappa shape index (κ1) is 11.7. The highest BCUT2D eigenvalue weighted by Crippen LogP contribution is 2.41. The van der Waals surface area contributed by atoms with E-state index in [9.17, 15) is 4.79 Å². The minimum absolute atomic E-state index is 0.0835. The minimum Gasteiger partial charge on any atom is -0.321 e. The van der Waals surface area contributed by atoms with Crippen LogP contribution in [0.15, 0.2) is 44.9 Å². The van der Waals surface area contributed by atoms with Crippen LogP contribution in [0.4, 0.5) is 5.69 Å². The average Bonchev–Trinajstić information content (AvgIpc) is 2.52. The molecule has 3 nitrogen and oxygen atoms in total. The summed E-state index contributed by atoms with van der Waals surface area (Å²) in [4.78, 5) is 18.2. The minimum atomic E-state index is -0.0835. The van der Waals surface area contributed by atoms with Crippen LogP contribution >= 0.6 is 27.7 Å². The van der Waals surface area contributed by atoms with Crippen molar-refractivity contribution in [2.75, 3.05) is 5.32 Å². The monoisotopic (exact) mass is 320 g/mol. The van der Waals surface area contributed by atoms with Crippen molar-refractivity contribution in [1.29, 1.82) is 0 Å². The van der Waals surface area contributed by atoms with E-state index in [1.54, 1.807) is 30.2 Å². The van der Waals surface area contributed by atoms with E-state index < -0.39 is 0 Å². The molecule has 1 amide bonds. The number of anilines is 1. The third kappa shape index (κ3) is 1.83. The zero-order valence-electron chi connectivity index (χ0n) is 9.53. The standard InChI is InChI=1S/C13H9BrN2OS/c1-7-9(14)2-3-10-12(7)16-13(17)8-4-5-15-6-11(8)18-10/h2-6H,1H3,(H,16,17).